The number of hydrogen-bond donors (Lipinski definition) is 7. The predicted octanol–water partition coefficient (Wildman–Crippen LogP) is 1.84. The van der Waals surface area contributed by atoms with E-state index in [-0.39, 0.29) is 5.92 Å². The zero-order chi connectivity index (χ0) is 27.0. The molecule has 2 saturated heterocycles. The summed E-state index contributed by atoms with van der Waals surface area (Å²) in [6.07, 6.45) is 7.47. The third kappa shape index (κ3) is 5.68. The van der Waals surface area contributed by atoms with Gasteiger partial charge in [-0.2, -0.15) is 0 Å². The molecule has 2 bridgehead atoms. The van der Waals surface area contributed by atoms with E-state index >= 15 is 0 Å². The van der Waals surface area contributed by atoms with Crippen molar-refractivity contribution in [2.24, 2.45) is 23.0 Å². The number of phosphoric acid groups is 1. The average molecular weight is 548 g/mol. The second-order valence-electron chi connectivity index (χ2n) is 11.7. The number of hydrogen-bond acceptors (Lipinski definition) is 9. The summed E-state index contributed by atoms with van der Waals surface area (Å²) in [5, 5.41) is 36.2. The Labute approximate surface area is 219 Å². The van der Waals surface area contributed by atoms with Gasteiger partial charge in [0.05, 0.1) is 11.7 Å². The van der Waals surface area contributed by atoms with E-state index in [4.69, 9.17) is 10.5 Å². The van der Waals surface area contributed by atoms with Crippen LogP contribution >= 0.6 is 7.82 Å². The molecule has 0 aromatic carbocycles. The van der Waals surface area contributed by atoms with Crippen molar-refractivity contribution in [3.63, 3.8) is 0 Å². The van der Waals surface area contributed by atoms with E-state index in [9.17, 15) is 29.7 Å². The van der Waals surface area contributed by atoms with Gasteiger partial charge < -0.3 is 40.5 Å². The van der Waals surface area contributed by atoms with Crippen LogP contribution in [-0.4, -0.2) is 72.7 Å². The molecule has 0 aromatic heterocycles. The summed E-state index contributed by atoms with van der Waals surface area (Å²) >= 11 is 0. The van der Waals surface area contributed by atoms with Gasteiger partial charge in [-0.15, -0.1) is 0 Å². The smallest absolute Gasteiger partial charge is 0.385 e. The molecule has 0 amide bonds. The van der Waals surface area contributed by atoms with Crippen molar-refractivity contribution < 1.29 is 38.9 Å². The molecule has 0 radical (unpaired) electrons. The second kappa shape index (κ2) is 11.5. The molecule has 1 saturated carbocycles. The van der Waals surface area contributed by atoms with E-state index in [0.29, 0.717) is 6.42 Å². The maximum atomic E-state index is 11.6. The molecule has 0 aromatic rings. The third-order valence-electron chi connectivity index (χ3n) is 9.51. The maximum Gasteiger partial charge on any atom is 0.472 e. The molecule has 0 spiro atoms. The molecule has 4 aliphatic rings. The van der Waals surface area contributed by atoms with Crippen molar-refractivity contribution in [3.05, 3.63) is 12.3 Å². The number of aliphatic hydroxyl groups excluding tert-OH is 3. The Morgan fingerprint density at radius 2 is 1.62 bits per heavy atom. The lowest BCUT2D eigenvalue weighted by atomic mass is 9.56. The summed E-state index contributed by atoms with van der Waals surface area (Å²) in [5.74, 6) is 0.575. The van der Waals surface area contributed by atoms with Crippen molar-refractivity contribution in [2.75, 3.05) is 0 Å². The van der Waals surface area contributed by atoms with Gasteiger partial charge in [-0.3, -0.25) is 9.84 Å². The fraction of sp³-hybridized carbons (Fsp3) is 0.920. The monoisotopic (exact) mass is 547 g/mol. The van der Waals surface area contributed by atoms with Crippen LogP contribution < -0.4 is 11.1 Å². The van der Waals surface area contributed by atoms with Crippen LogP contribution in [0.4, 0.5) is 0 Å². The van der Waals surface area contributed by atoms with Gasteiger partial charge in [0.1, 0.15) is 18.4 Å². The van der Waals surface area contributed by atoms with Crippen molar-refractivity contribution in [2.45, 2.75) is 127 Å². The van der Waals surface area contributed by atoms with Gasteiger partial charge in [0.25, 0.3) is 0 Å². The summed E-state index contributed by atoms with van der Waals surface area (Å²) in [4.78, 5) is 20.2. The Morgan fingerprint density at radius 1 is 1.00 bits per heavy atom. The number of ether oxygens (including phenoxy) is 1. The van der Waals surface area contributed by atoms with Crippen molar-refractivity contribution in [1.82, 2.24) is 10.2 Å². The Morgan fingerprint density at radius 3 is 2.30 bits per heavy atom. The second-order valence-corrected chi connectivity index (χ2v) is 12.9. The van der Waals surface area contributed by atoms with Crippen LogP contribution in [0.2, 0.25) is 0 Å². The Balaban J connectivity index is 1.69. The molecule has 3 aliphatic heterocycles. The minimum Gasteiger partial charge on any atom is -0.385 e. The van der Waals surface area contributed by atoms with Crippen molar-refractivity contribution >= 4 is 7.82 Å². The molecule has 10 unspecified atom stereocenters. The number of piperidine rings is 1. The summed E-state index contributed by atoms with van der Waals surface area (Å²) < 4.78 is 21.8. The average Bonchev–Trinajstić information content (AvgIpc) is 3.08. The van der Waals surface area contributed by atoms with E-state index in [0.717, 1.165) is 44.4 Å². The highest BCUT2D eigenvalue weighted by Gasteiger charge is 2.65. The Hall–Kier alpha value is -0.590. The maximum absolute atomic E-state index is 11.6. The molecule has 214 valence electrons. The first kappa shape index (κ1) is 29.4. The van der Waals surface area contributed by atoms with Crippen LogP contribution in [0.3, 0.4) is 0 Å². The largest absolute Gasteiger partial charge is 0.472 e. The van der Waals surface area contributed by atoms with Gasteiger partial charge in [-0.05, 0) is 30.9 Å². The van der Waals surface area contributed by atoms with E-state index < -0.39 is 55.9 Å². The summed E-state index contributed by atoms with van der Waals surface area (Å²) in [6.45, 7) is 4.42. The zero-order valence-electron chi connectivity index (χ0n) is 22.0. The van der Waals surface area contributed by atoms with Crippen LogP contribution in [0.25, 0.3) is 0 Å². The first-order chi connectivity index (χ1) is 17.4. The van der Waals surface area contributed by atoms with Gasteiger partial charge in [-0.25, -0.2) is 4.57 Å². The van der Waals surface area contributed by atoms with Gasteiger partial charge in [0, 0.05) is 5.41 Å². The fourth-order valence-corrected chi connectivity index (χ4v) is 7.70. The molecule has 3 heterocycles. The van der Waals surface area contributed by atoms with Gasteiger partial charge in [-0.1, -0.05) is 77.7 Å². The Bertz CT molecular complexity index is 860. The Kier molecular flexibility index (Phi) is 9.13. The molecule has 8 N–H and O–H groups in total. The van der Waals surface area contributed by atoms with Gasteiger partial charge >= 0.3 is 7.82 Å². The predicted molar refractivity (Wildman–Crippen MR) is 136 cm³/mol. The van der Waals surface area contributed by atoms with E-state index in [2.05, 4.69) is 23.7 Å². The van der Waals surface area contributed by atoms with E-state index in [1.165, 1.54) is 25.7 Å². The summed E-state index contributed by atoms with van der Waals surface area (Å²) in [5.41, 5.74) is 5.29. The number of aliphatic hydroxyl groups is 3. The number of nitrogens with zero attached hydrogens (tertiary/aromatic N) is 1. The third-order valence-corrected chi connectivity index (χ3v) is 10.00. The number of rotatable bonds is 3. The van der Waals surface area contributed by atoms with Crippen LogP contribution in [0.5, 0.6) is 0 Å². The molecule has 4 rings (SSSR count). The minimum atomic E-state index is -4.98. The van der Waals surface area contributed by atoms with E-state index in [1.807, 2.05) is 6.08 Å². The summed E-state index contributed by atoms with van der Waals surface area (Å²) in [6, 6.07) is 0. The minimum absolute atomic E-state index is 0.144. The summed E-state index contributed by atoms with van der Waals surface area (Å²) in [7, 11) is -4.98. The topological polar surface area (TPSA) is 178 Å². The number of nitrogens with one attached hydrogen (secondary N) is 1. The van der Waals surface area contributed by atoms with Crippen LogP contribution in [-0.2, 0) is 13.8 Å². The number of phosphoric ester groups is 1. The zero-order valence-corrected chi connectivity index (χ0v) is 22.9. The molecule has 11 nitrogen and oxygen atoms in total. The standard InChI is InChI=1S/C25H46N3O8P/c1-16-10-6-3-4-9-13-25-17(2)24(12-8-5-7-11-16,22(26)27-23(25)31)14-15-28(25)20-18(29)19(30)21(35-20)36-37(32,33)34/h14-23,27,29-31H,3-13,26H2,1-2H3,(H2,32,33,34). The SMILES string of the molecule is CC1CCCCCCC23C(O)NC(N)C(C=CN2C2OC(OP(=O)(O)O)C(O)C2O)(CCCCC1)C3C. The van der Waals surface area contributed by atoms with Crippen LogP contribution in [0.1, 0.15) is 84.5 Å². The number of nitrogens with two attached hydrogens (primary N) is 1. The lowest BCUT2D eigenvalue weighted by molar-refractivity contribution is -0.223. The lowest BCUT2D eigenvalue weighted by Crippen LogP contribution is -2.79. The van der Waals surface area contributed by atoms with E-state index in [1.54, 1.807) is 11.1 Å². The first-order valence-electron chi connectivity index (χ1n) is 13.9. The highest BCUT2D eigenvalue weighted by molar-refractivity contribution is 7.46. The molecule has 1 aliphatic carbocycles. The fourth-order valence-electron chi connectivity index (χ4n) is 7.25. The molecular formula is C25H46N3O8P. The first-order valence-corrected chi connectivity index (χ1v) is 15.4. The molecule has 10 atom stereocenters. The van der Waals surface area contributed by atoms with Gasteiger partial charge in [0.15, 0.2) is 12.5 Å². The molecule has 37 heavy (non-hydrogen) atoms. The van der Waals surface area contributed by atoms with Crippen LogP contribution in [0.15, 0.2) is 12.3 Å². The van der Waals surface area contributed by atoms with Gasteiger partial charge in [0.2, 0.25) is 0 Å². The normalized spacial score (nSPS) is 46.3. The highest BCUT2D eigenvalue weighted by atomic mass is 31.2. The molecule has 3 fully saturated rings. The van der Waals surface area contributed by atoms with Crippen LogP contribution in [0, 0.1) is 17.3 Å². The van der Waals surface area contributed by atoms with Crippen molar-refractivity contribution in [3.8, 4) is 0 Å². The lowest BCUT2D eigenvalue weighted by Gasteiger charge is -2.65. The molecule has 12 heteroatoms. The quantitative estimate of drug-likeness (QED) is 0.256. The molecular weight excluding hydrogens is 501 g/mol. The highest BCUT2D eigenvalue weighted by Crippen LogP contribution is 2.56. The van der Waals surface area contributed by atoms with Crippen molar-refractivity contribution in [1.29, 1.82) is 0 Å².